The molecule has 0 aliphatic carbocycles. The highest BCUT2D eigenvalue weighted by Crippen LogP contribution is 2.35. The average molecular weight is 439 g/mol. The number of rotatable bonds is 7. The van der Waals surface area contributed by atoms with Gasteiger partial charge in [-0.15, -0.1) is 0 Å². The van der Waals surface area contributed by atoms with E-state index in [9.17, 15) is 9.59 Å². The number of carbonyl (C=O) groups is 2. The van der Waals surface area contributed by atoms with Crippen LogP contribution in [0.1, 0.15) is 16.9 Å². The minimum atomic E-state index is -0.282. The van der Waals surface area contributed by atoms with Gasteiger partial charge in [0.05, 0.1) is 30.0 Å². The van der Waals surface area contributed by atoms with Gasteiger partial charge in [0.2, 0.25) is 5.91 Å². The number of nitrogens with zero attached hydrogens (tertiary/aromatic N) is 2. The highest BCUT2D eigenvalue weighted by Gasteiger charge is 2.19. The number of anilines is 1. The molecule has 2 aromatic heterocycles. The number of fused-ring (bicyclic) bond motifs is 2. The molecule has 0 atom stereocenters. The molecular formula is C22H22N4O4S. The summed E-state index contributed by atoms with van der Waals surface area (Å²) in [5, 5.41) is 6.91. The molecule has 4 rings (SSSR count). The number of aryl methyl sites for hydroxylation is 1. The van der Waals surface area contributed by atoms with Crippen molar-refractivity contribution >= 4 is 49.4 Å². The van der Waals surface area contributed by atoms with Crippen LogP contribution >= 0.6 is 11.3 Å². The zero-order valence-electron chi connectivity index (χ0n) is 17.4. The number of carbonyl (C=O) groups excluding carboxylic acids is 2. The fourth-order valence-electron chi connectivity index (χ4n) is 3.46. The smallest absolute Gasteiger partial charge is 0.267 e. The Labute approximate surface area is 182 Å². The van der Waals surface area contributed by atoms with Crippen molar-refractivity contribution in [3.63, 3.8) is 0 Å². The van der Waals surface area contributed by atoms with E-state index in [1.54, 1.807) is 44.0 Å². The van der Waals surface area contributed by atoms with Gasteiger partial charge in [0.15, 0.2) is 5.13 Å². The van der Waals surface area contributed by atoms with Crippen LogP contribution in [0.25, 0.3) is 21.1 Å². The lowest BCUT2D eigenvalue weighted by Crippen LogP contribution is -2.29. The van der Waals surface area contributed by atoms with Crippen LogP contribution in [0.15, 0.2) is 42.5 Å². The van der Waals surface area contributed by atoms with Gasteiger partial charge in [0.25, 0.3) is 5.91 Å². The van der Waals surface area contributed by atoms with Crippen LogP contribution < -0.4 is 20.1 Å². The van der Waals surface area contributed by atoms with E-state index in [1.165, 1.54) is 11.3 Å². The molecule has 9 heteroatoms. The van der Waals surface area contributed by atoms with Gasteiger partial charge < -0.3 is 24.7 Å². The van der Waals surface area contributed by atoms with Crippen molar-refractivity contribution < 1.29 is 19.1 Å². The fraction of sp³-hybridized carbons (Fsp3) is 0.227. The van der Waals surface area contributed by atoms with Gasteiger partial charge >= 0.3 is 0 Å². The Kier molecular flexibility index (Phi) is 5.77. The van der Waals surface area contributed by atoms with Crippen molar-refractivity contribution in [2.24, 2.45) is 7.05 Å². The monoisotopic (exact) mass is 438 g/mol. The predicted molar refractivity (Wildman–Crippen MR) is 121 cm³/mol. The topological polar surface area (TPSA) is 94.5 Å². The van der Waals surface area contributed by atoms with E-state index in [2.05, 4.69) is 15.6 Å². The molecule has 4 aromatic rings. The zero-order chi connectivity index (χ0) is 22.0. The standard InChI is InChI=1S/C22H22N4O4S/c1-26-15(12-13-16(29-2)8-9-17(30-3)20(13)26)21(28)23-11-10-19(27)25-22-24-14-6-4-5-7-18(14)31-22/h4-9,12H,10-11H2,1-3H3,(H,23,28)(H,24,25,27). The summed E-state index contributed by atoms with van der Waals surface area (Å²) >= 11 is 1.42. The first-order chi connectivity index (χ1) is 15.0. The van der Waals surface area contributed by atoms with E-state index in [1.807, 2.05) is 24.3 Å². The maximum absolute atomic E-state index is 12.7. The molecule has 0 aliphatic heterocycles. The van der Waals surface area contributed by atoms with E-state index in [0.29, 0.717) is 22.3 Å². The van der Waals surface area contributed by atoms with Crippen LogP contribution in [0.5, 0.6) is 11.5 Å². The summed E-state index contributed by atoms with van der Waals surface area (Å²) in [6, 6.07) is 13.0. The third-order valence-corrected chi connectivity index (χ3v) is 5.92. The number of para-hydroxylation sites is 1. The van der Waals surface area contributed by atoms with Gasteiger partial charge in [-0.3, -0.25) is 9.59 Å². The van der Waals surface area contributed by atoms with Gasteiger partial charge in [-0.1, -0.05) is 23.5 Å². The summed E-state index contributed by atoms with van der Waals surface area (Å²) in [5.74, 6) is 0.809. The maximum Gasteiger partial charge on any atom is 0.267 e. The van der Waals surface area contributed by atoms with E-state index in [-0.39, 0.29) is 24.8 Å². The second kappa shape index (κ2) is 8.65. The molecule has 0 saturated carbocycles. The first kappa shape index (κ1) is 20.7. The molecule has 31 heavy (non-hydrogen) atoms. The Morgan fingerprint density at radius 1 is 1.10 bits per heavy atom. The van der Waals surface area contributed by atoms with Crippen molar-refractivity contribution in [1.82, 2.24) is 14.9 Å². The molecule has 160 valence electrons. The third-order valence-electron chi connectivity index (χ3n) is 4.97. The number of aromatic nitrogens is 2. The number of hydrogen-bond donors (Lipinski definition) is 2. The van der Waals surface area contributed by atoms with Crippen molar-refractivity contribution in [1.29, 1.82) is 0 Å². The Bertz CT molecular complexity index is 1240. The zero-order valence-corrected chi connectivity index (χ0v) is 18.2. The highest BCUT2D eigenvalue weighted by atomic mass is 32.1. The van der Waals surface area contributed by atoms with Crippen molar-refractivity contribution in [2.75, 3.05) is 26.1 Å². The van der Waals surface area contributed by atoms with Crippen LogP contribution in [0.4, 0.5) is 5.13 Å². The summed E-state index contributed by atoms with van der Waals surface area (Å²) in [7, 11) is 4.95. The Hall–Kier alpha value is -3.59. The predicted octanol–water partition coefficient (Wildman–Crippen LogP) is 3.56. The number of benzene rings is 2. The second-order valence-corrected chi connectivity index (χ2v) is 7.89. The number of nitrogens with one attached hydrogen (secondary N) is 2. The first-order valence-corrected chi connectivity index (χ1v) is 10.5. The van der Waals surface area contributed by atoms with Gasteiger partial charge in [-0.05, 0) is 30.3 Å². The molecule has 0 radical (unpaired) electrons. The van der Waals surface area contributed by atoms with E-state index in [4.69, 9.17) is 9.47 Å². The third kappa shape index (κ3) is 4.04. The lowest BCUT2D eigenvalue weighted by atomic mass is 10.2. The Morgan fingerprint density at radius 2 is 1.84 bits per heavy atom. The summed E-state index contributed by atoms with van der Waals surface area (Å²) in [6.07, 6.45) is 0.137. The van der Waals surface area contributed by atoms with Gasteiger partial charge in [-0.25, -0.2) is 4.98 Å². The van der Waals surface area contributed by atoms with Crippen LogP contribution in [0, 0.1) is 0 Å². The van der Waals surface area contributed by atoms with Crippen LogP contribution in [-0.4, -0.2) is 42.1 Å². The second-order valence-electron chi connectivity index (χ2n) is 6.86. The van der Waals surface area contributed by atoms with E-state index in [0.717, 1.165) is 21.1 Å². The van der Waals surface area contributed by atoms with Gasteiger partial charge in [0, 0.05) is 25.4 Å². The number of methoxy groups -OCH3 is 2. The summed E-state index contributed by atoms with van der Waals surface area (Å²) in [5.41, 5.74) is 2.06. The lowest BCUT2D eigenvalue weighted by molar-refractivity contribution is -0.116. The number of amides is 2. The minimum absolute atomic E-state index is 0.137. The number of thiazole rings is 1. The number of ether oxygens (including phenoxy) is 2. The molecule has 0 bridgehead atoms. The largest absolute Gasteiger partial charge is 0.496 e. The van der Waals surface area contributed by atoms with Crippen LogP contribution in [0.2, 0.25) is 0 Å². The summed E-state index contributed by atoms with van der Waals surface area (Å²) in [6.45, 7) is 0.200. The minimum Gasteiger partial charge on any atom is -0.496 e. The molecule has 0 unspecified atom stereocenters. The molecule has 2 heterocycles. The molecule has 0 fully saturated rings. The quantitative estimate of drug-likeness (QED) is 0.460. The molecular weight excluding hydrogens is 416 g/mol. The Balaban J connectivity index is 1.41. The SMILES string of the molecule is COc1ccc(OC)c2c1cc(C(=O)NCCC(=O)Nc1nc3ccccc3s1)n2C. The molecule has 0 aliphatic rings. The molecule has 2 amide bonds. The fourth-order valence-corrected chi connectivity index (χ4v) is 4.34. The van der Waals surface area contributed by atoms with Crippen molar-refractivity contribution in [3.05, 3.63) is 48.2 Å². The molecule has 8 nitrogen and oxygen atoms in total. The van der Waals surface area contributed by atoms with Crippen molar-refractivity contribution in [3.8, 4) is 11.5 Å². The van der Waals surface area contributed by atoms with Gasteiger partial charge in [-0.2, -0.15) is 0 Å². The highest BCUT2D eigenvalue weighted by molar-refractivity contribution is 7.22. The molecule has 0 saturated heterocycles. The van der Waals surface area contributed by atoms with Crippen LogP contribution in [-0.2, 0) is 11.8 Å². The molecule has 2 aromatic carbocycles. The summed E-state index contributed by atoms with van der Waals surface area (Å²) in [4.78, 5) is 29.4. The molecule has 0 spiro atoms. The van der Waals surface area contributed by atoms with Gasteiger partial charge in [0.1, 0.15) is 17.2 Å². The summed E-state index contributed by atoms with van der Waals surface area (Å²) < 4.78 is 13.6. The van der Waals surface area contributed by atoms with E-state index >= 15 is 0 Å². The average Bonchev–Trinajstić information content (AvgIpc) is 3.33. The maximum atomic E-state index is 12.7. The van der Waals surface area contributed by atoms with E-state index < -0.39 is 0 Å². The molecule has 2 N–H and O–H groups in total. The number of hydrogen-bond acceptors (Lipinski definition) is 6. The first-order valence-electron chi connectivity index (χ1n) is 9.66. The Morgan fingerprint density at radius 3 is 2.58 bits per heavy atom. The van der Waals surface area contributed by atoms with Crippen molar-refractivity contribution in [2.45, 2.75) is 6.42 Å². The lowest BCUT2D eigenvalue weighted by Gasteiger charge is -2.09. The van der Waals surface area contributed by atoms with Crippen LogP contribution in [0.3, 0.4) is 0 Å². The normalized spacial score (nSPS) is 10.9.